The molecule has 0 saturated carbocycles. The van der Waals surface area contributed by atoms with Gasteiger partial charge in [-0.05, 0) is 7.05 Å². The molecule has 1 unspecified atom stereocenters. The average molecular weight is 204 g/mol. The van der Waals surface area contributed by atoms with Crippen LogP contribution in [0.1, 0.15) is 0 Å². The van der Waals surface area contributed by atoms with E-state index < -0.39 is 22.0 Å². The van der Waals surface area contributed by atoms with Gasteiger partial charge < -0.3 is 5.11 Å². The fraction of sp³-hybridized carbons (Fsp3) is 0.857. The predicted molar refractivity (Wildman–Crippen MR) is 46.7 cm³/mol. The number of hydrogen-bond acceptors (Lipinski definition) is 5. The molecule has 1 saturated heterocycles. The van der Waals surface area contributed by atoms with Gasteiger partial charge >= 0.3 is 0 Å². The molecule has 1 N–H and O–H groups in total. The summed E-state index contributed by atoms with van der Waals surface area (Å²) in [5.41, 5.74) is 0. The summed E-state index contributed by atoms with van der Waals surface area (Å²) >= 11 is 0. The Hall–Kier alpha value is -0.640. The second kappa shape index (κ2) is 3.62. The number of rotatable bonds is 2. The lowest BCUT2D eigenvalue weighted by Crippen LogP contribution is -2.40. The van der Waals surface area contributed by atoms with Crippen LogP contribution in [0.15, 0.2) is 0 Å². The van der Waals surface area contributed by atoms with Crippen LogP contribution in [0.4, 0.5) is 0 Å². The fourth-order valence-electron chi connectivity index (χ4n) is 1.46. The summed E-state index contributed by atoms with van der Waals surface area (Å²) in [6.07, 6.45) is -0.858. The molecule has 1 aliphatic rings. The summed E-state index contributed by atoms with van der Waals surface area (Å²) in [5.74, 6) is -0.236. The molecule has 0 aliphatic carbocycles. The maximum atomic E-state index is 11.1. The van der Waals surface area contributed by atoms with Crippen molar-refractivity contribution in [2.75, 3.05) is 25.1 Å². The molecule has 1 fully saturated rings. The van der Waals surface area contributed by atoms with E-state index >= 15 is 0 Å². The van der Waals surface area contributed by atoms with E-state index in [4.69, 9.17) is 5.26 Å². The van der Waals surface area contributed by atoms with Crippen molar-refractivity contribution in [1.29, 1.82) is 5.26 Å². The number of aliphatic hydroxyl groups is 1. The molecule has 0 bridgehead atoms. The first-order chi connectivity index (χ1) is 5.96. The second-order valence-corrected chi connectivity index (χ2v) is 5.44. The van der Waals surface area contributed by atoms with Crippen molar-refractivity contribution in [3.05, 3.63) is 0 Å². The molecule has 1 rings (SSSR count). The Morgan fingerprint density at radius 2 is 2.23 bits per heavy atom. The lowest BCUT2D eigenvalue weighted by atomic mass is 10.2. The predicted octanol–water partition coefficient (Wildman–Crippen LogP) is -1.40. The van der Waals surface area contributed by atoms with Gasteiger partial charge in [0.1, 0.15) is 0 Å². The van der Waals surface area contributed by atoms with E-state index in [0.29, 0.717) is 0 Å². The van der Waals surface area contributed by atoms with Crippen LogP contribution in [0.3, 0.4) is 0 Å². The molecule has 6 heteroatoms. The Labute approximate surface area is 77.5 Å². The zero-order chi connectivity index (χ0) is 10.1. The monoisotopic (exact) mass is 204 g/mol. The minimum Gasteiger partial charge on any atom is -0.390 e. The molecule has 74 valence electrons. The Morgan fingerprint density at radius 1 is 1.62 bits per heavy atom. The van der Waals surface area contributed by atoms with Gasteiger partial charge in [-0.15, -0.1) is 0 Å². The topological polar surface area (TPSA) is 81.4 Å². The van der Waals surface area contributed by atoms with E-state index in [2.05, 4.69) is 0 Å². The Kier molecular flexibility index (Phi) is 2.91. The second-order valence-electron chi connectivity index (χ2n) is 3.28. The standard InChI is InChI=1S/C7H12N2O3S/c1-9(3-2-8)6-4-13(11,12)5-7(6)10/h6-7,10H,3-5H2,1H3/t6?,7-/m1/s1. The van der Waals surface area contributed by atoms with Crippen LogP contribution in [0.5, 0.6) is 0 Å². The van der Waals surface area contributed by atoms with Crippen LogP contribution in [-0.2, 0) is 9.84 Å². The largest absolute Gasteiger partial charge is 0.390 e. The number of sulfone groups is 1. The maximum absolute atomic E-state index is 11.1. The summed E-state index contributed by atoms with van der Waals surface area (Å²) in [6.45, 7) is 0.136. The van der Waals surface area contributed by atoms with Gasteiger partial charge in [0.25, 0.3) is 0 Å². The minimum absolute atomic E-state index is 0.0493. The molecular formula is C7H12N2O3S. The Morgan fingerprint density at radius 3 is 2.62 bits per heavy atom. The highest BCUT2D eigenvalue weighted by molar-refractivity contribution is 7.91. The summed E-state index contributed by atoms with van der Waals surface area (Å²) in [7, 11) is -1.47. The first-order valence-corrected chi connectivity index (χ1v) is 5.74. The van der Waals surface area contributed by atoms with E-state index in [0.717, 1.165) is 0 Å². The van der Waals surface area contributed by atoms with Gasteiger partial charge in [-0.1, -0.05) is 0 Å². The third-order valence-corrected chi connectivity index (χ3v) is 3.88. The van der Waals surface area contributed by atoms with E-state index in [-0.39, 0.29) is 18.1 Å². The van der Waals surface area contributed by atoms with E-state index in [9.17, 15) is 13.5 Å². The van der Waals surface area contributed by atoms with Gasteiger partial charge in [0.05, 0.1) is 36.3 Å². The highest BCUT2D eigenvalue weighted by atomic mass is 32.2. The van der Waals surface area contributed by atoms with Gasteiger partial charge in [-0.2, -0.15) is 5.26 Å². The molecule has 0 aromatic heterocycles. The molecular weight excluding hydrogens is 192 g/mol. The molecule has 0 aromatic rings. The maximum Gasteiger partial charge on any atom is 0.154 e. The van der Waals surface area contributed by atoms with Crippen LogP contribution < -0.4 is 0 Å². The van der Waals surface area contributed by atoms with Gasteiger partial charge in [0, 0.05) is 0 Å². The van der Waals surface area contributed by atoms with E-state index in [1.165, 1.54) is 0 Å². The van der Waals surface area contributed by atoms with Crippen molar-refractivity contribution in [3.63, 3.8) is 0 Å². The van der Waals surface area contributed by atoms with Crippen LogP contribution >= 0.6 is 0 Å². The quantitative estimate of drug-likeness (QED) is 0.559. The van der Waals surface area contributed by atoms with Crippen molar-refractivity contribution in [1.82, 2.24) is 4.90 Å². The smallest absolute Gasteiger partial charge is 0.154 e. The fourth-order valence-corrected chi connectivity index (χ4v) is 3.34. The zero-order valence-electron chi connectivity index (χ0n) is 7.34. The Balaban J connectivity index is 2.69. The third kappa shape index (κ3) is 2.40. The van der Waals surface area contributed by atoms with Crippen molar-refractivity contribution < 1.29 is 13.5 Å². The zero-order valence-corrected chi connectivity index (χ0v) is 8.16. The number of likely N-dealkylation sites (N-methyl/N-ethyl adjacent to an activating group) is 1. The highest BCUT2D eigenvalue weighted by Gasteiger charge is 2.38. The number of nitrogens with zero attached hydrogens (tertiary/aromatic N) is 2. The third-order valence-electron chi connectivity index (χ3n) is 2.18. The molecule has 0 spiro atoms. The summed E-state index contributed by atoms with van der Waals surface area (Å²) in [5, 5.41) is 17.8. The van der Waals surface area contributed by atoms with E-state index in [1.54, 1.807) is 11.9 Å². The van der Waals surface area contributed by atoms with Gasteiger partial charge in [-0.3, -0.25) is 4.90 Å². The van der Waals surface area contributed by atoms with Crippen molar-refractivity contribution in [2.45, 2.75) is 12.1 Å². The van der Waals surface area contributed by atoms with Gasteiger partial charge in [0.15, 0.2) is 9.84 Å². The van der Waals surface area contributed by atoms with Crippen LogP contribution in [0, 0.1) is 11.3 Å². The lowest BCUT2D eigenvalue weighted by molar-refractivity contribution is 0.107. The van der Waals surface area contributed by atoms with Crippen LogP contribution in [0.25, 0.3) is 0 Å². The summed E-state index contributed by atoms with van der Waals surface area (Å²) in [6, 6.07) is 1.49. The number of aliphatic hydroxyl groups excluding tert-OH is 1. The average Bonchev–Trinajstić information content (AvgIpc) is 2.25. The number of nitriles is 1. The van der Waals surface area contributed by atoms with Crippen molar-refractivity contribution in [2.24, 2.45) is 0 Å². The molecule has 5 nitrogen and oxygen atoms in total. The Bertz CT molecular complexity index is 319. The van der Waals surface area contributed by atoms with Crippen LogP contribution in [0.2, 0.25) is 0 Å². The lowest BCUT2D eigenvalue weighted by Gasteiger charge is -2.22. The van der Waals surface area contributed by atoms with Crippen molar-refractivity contribution in [3.8, 4) is 6.07 Å². The van der Waals surface area contributed by atoms with Crippen molar-refractivity contribution >= 4 is 9.84 Å². The van der Waals surface area contributed by atoms with Crippen LogP contribution in [-0.4, -0.2) is 55.7 Å². The summed E-state index contributed by atoms with van der Waals surface area (Å²) < 4.78 is 22.2. The van der Waals surface area contributed by atoms with Gasteiger partial charge in [-0.25, -0.2) is 8.42 Å². The molecule has 1 heterocycles. The molecule has 1 aliphatic heterocycles. The number of hydrogen-bond donors (Lipinski definition) is 1. The first-order valence-electron chi connectivity index (χ1n) is 3.92. The normalized spacial score (nSPS) is 31.8. The molecule has 0 amide bonds. The molecule has 0 aromatic carbocycles. The van der Waals surface area contributed by atoms with E-state index in [1.807, 2.05) is 6.07 Å². The molecule has 2 atom stereocenters. The minimum atomic E-state index is -3.11. The molecule has 0 radical (unpaired) electrons. The highest BCUT2D eigenvalue weighted by Crippen LogP contribution is 2.16. The SMILES string of the molecule is CN(CC#N)C1CS(=O)(=O)C[C@H]1O. The first kappa shape index (κ1) is 10.4. The molecule has 13 heavy (non-hydrogen) atoms. The summed E-state index contributed by atoms with van der Waals surface area (Å²) in [4.78, 5) is 1.56. The van der Waals surface area contributed by atoms with Gasteiger partial charge in [0.2, 0.25) is 0 Å².